The molecule has 0 bridgehead atoms. The molecule has 1 unspecified atom stereocenters. The lowest BCUT2D eigenvalue weighted by atomic mass is 10.3. The second-order valence-corrected chi connectivity index (χ2v) is 7.34. The van der Waals surface area contributed by atoms with E-state index >= 15 is 0 Å². The Bertz CT molecular complexity index is 667. The molecule has 1 fully saturated rings. The number of nitrogens with one attached hydrogen (secondary N) is 2. The number of rotatable bonds is 5. The molecule has 2 heterocycles. The van der Waals surface area contributed by atoms with Gasteiger partial charge in [0.15, 0.2) is 5.96 Å². The van der Waals surface area contributed by atoms with Crippen LogP contribution in [0.15, 0.2) is 41.5 Å². The second-order valence-electron chi connectivity index (χ2n) is 6.03. The van der Waals surface area contributed by atoms with Gasteiger partial charge >= 0.3 is 0 Å². The number of nitrogens with zero attached hydrogens (tertiary/aromatic N) is 3. The molecule has 1 atom stereocenters. The SMILES string of the molecule is CN=C(NCCc1ncc(C)s1)NC1CCN(c2ccccc2)C1. The lowest BCUT2D eigenvalue weighted by molar-refractivity contribution is 0.648. The molecule has 0 spiro atoms. The second kappa shape index (κ2) is 8.15. The molecule has 0 saturated carbocycles. The molecule has 2 aromatic rings. The van der Waals surface area contributed by atoms with Crippen LogP contribution in [0.25, 0.3) is 0 Å². The lowest BCUT2D eigenvalue weighted by Crippen LogP contribution is -2.45. The van der Waals surface area contributed by atoms with Gasteiger partial charge in [0.25, 0.3) is 0 Å². The number of benzene rings is 1. The first-order chi connectivity index (χ1) is 11.7. The van der Waals surface area contributed by atoms with Crippen LogP contribution in [0.3, 0.4) is 0 Å². The third kappa shape index (κ3) is 4.47. The summed E-state index contributed by atoms with van der Waals surface area (Å²) in [5, 5.41) is 8.11. The third-order valence-corrected chi connectivity index (χ3v) is 5.15. The number of aromatic nitrogens is 1. The molecule has 1 aromatic carbocycles. The first-order valence-corrected chi connectivity index (χ1v) is 9.25. The van der Waals surface area contributed by atoms with Crippen LogP contribution in [-0.2, 0) is 6.42 Å². The summed E-state index contributed by atoms with van der Waals surface area (Å²) in [5.41, 5.74) is 1.30. The molecule has 1 aliphatic rings. The first-order valence-electron chi connectivity index (χ1n) is 8.43. The van der Waals surface area contributed by atoms with Crippen LogP contribution in [0.2, 0.25) is 0 Å². The van der Waals surface area contributed by atoms with Crippen LogP contribution in [0.1, 0.15) is 16.3 Å². The van der Waals surface area contributed by atoms with E-state index in [4.69, 9.17) is 0 Å². The van der Waals surface area contributed by atoms with Crippen molar-refractivity contribution in [2.24, 2.45) is 4.99 Å². The van der Waals surface area contributed by atoms with E-state index in [1.165, 1.54) is 15.6 Å². The molecular formula is C18H25N5S. The van der Waals surface area contributed by atoms with E-state index in [2.05, 4.69) is 62.8 Å². The van der Waals surface area contributed by atoms with Crippen LogP contribution in [0.4, 0.5) is 5.69 Å². The maximum Gasteiger partial charge on any atom is 0.191 e. The number of anilines is 1. The highest BCUT2D eigenvalue weighted by Gasteiger charge is 2.23. The molecule has 0 aliphatic carbocycles. The maximum absolute atomic E-state index is 4.40. The summed E-state index contributed by atoms with van der Waals surface area (Å²) in [7, 11) is 1.83. The van der Waals surface area contributed by atoms with Crippen molar-refractivity contribution in [2.45, 2.75) is 25.8 Å². The quantitative estimate of drug-likeness (QED) is 0.647. The molecule has 0 amide bonds. The van der Waals surface area contributed by atoms with E-state index in [1.807, 2.05) is 13.2 Å². The van der Waals surface area contributed by atoms with Crippen molar-refractivity contribution in [3.8, 4) is 0 Å². The van der Waals surface area contributed by atoms with Crippen molar-refractivity contribution in [3.05, 3.63) is 46.4 Å². The Labute approximate surface area is 147 Å². The van der Waals surface area contributed by atoms with E-state index in [9.17, 15) is 0 Å². The first kappa shape index (κ1) is 16.8. The van der Waals surface area contributed by atoms with E-state index in [0.717, 1.165) is 38.4 Å². The lowest BCUT2D eigenvalue weighted by Gasteiger charge is -2.20. The molecule has 1 aromatic heterocycles. The fourth-order valence-corrected chi connectivity index (χ4v) is 3.73. The van der Waals surface area contributed by atoms with Crippen molar-refractivity contribution in [3.63, 3.8) is 0 Å². The normalized spacial score (nSPS) is 18.0. The Hall–Kier alpha value is -2.08. The topological polar surface area (TPSA) is 52.6 Å². The summed E-state index contributed by atoms with van der Waals surface area (Å²) in [6.07, 6.45) is 3.99. The van der Waals surface area contributed by atoms with Gasteiger partial charge in [-0.2, -0.15) is 0 Å². The summed E-state index contributed by atoms with van der Waals surface area (Å²) in [6.45, 7) is 5.03. The zero-order valence-electron chi connectivity index (χ0n) is 14.3. The van der Waals surface area contributed by atoms with Gasteiger partial charge in [-0.1, -0.05) is 18.2 Å². The monoisotopic (exact) mass is 343 g/mol. The number of guanidine groups is 1. The van der Waals surface area contributed by atoms with Gasteiger partial charge in [0, 0.05) is 55.9 Å². The maximum atomic E-state index is 4.40. The molecule has 1 aliphatic heterocycles. The smallest absolute Gasteiger partial charge is 0.191 e. The zero-order chi connectivity index (χ0) is 16.8. The summed E-state index contributed by atoms with van der Waals surface area (Å²) < 4.78 is 0. The van der Waals surface area contributed by atoms with Crippen molar-refractivity contribution in [1.82, 2.24) is 15.6 Å². The summed E-state index contributed by atoms with van der Waals surface area (Å²) in [5.74, 6) is 0.878. The molecule has 2 N–H and O–H groups in total. The van der Waals surface area contributed by atoms with E-state index < -0.39 is 0 Å². The van der Waals surface area contributed by atoms with Crippen LogP contribution in [0.5, 0.6) is 0 Å². The van der Waals surface area contributed by atoms with Crippen molar-refractivity contribution in [2.75, 3.05) is 31.6 Å². The van der Waals surface area contributed by atoms with E-state index in [1.54, 1.807) is 11.3 Å². The molecule has 128 valence electrons. The van der Waals surface area contributed by atoms with Crippen molar-refractivity contribution in [1.29, 1.82) is 0 Å². The number of thiazole rings is 1. The van der Waals surface area contributed by atoms with Gasteiger partial charge < -0.3 is 15.5 Å². The van der Waals surface area contributed by atoms with Gasteiger partial charge in [-0.05, 0) is 25.5 Å². The Balaban J connectivity index is 1.44. The number of para-hydroxylation sites is 1. The Kier molecular flexibility index (Phi) is 5.69. The number of hydrogen-bond donors (Lipinski definition) is 2. The molecule has 5 nitrogen and oxygen atoms in total. The Morgan fingerprint density at radius 2 is 2.21 bits per heavy atom. The van der Waals surface area contributed by atoms with Crippen molar-refractivity contribution < 1.29 is 0 Å². The average molecular weight is 344 g/mol. The Morgan fingerprint density at radius 1 is 1.38 bits per heavy atom. The average Bonchev–Trinajstić information content (AvgIpc) is 3.24. The largest absolute Gasteiger partial charge is 0.369 e. The van der Waals surface area contributed by atoms with Gasteiger partial charge in [0.05, 0.1) is 5.01 Å². The van der Waals surface area contributed by atoms with Crippen molar-refractivity contribution >= 4 is 23.0 Å². The molecular weight excluding hydrogens is 318 g/mol. The zero-order valence-corrected chi connectivity index (χ0v) is 15.1. The fourth-order valence-electron chi connectivity index (χ4n) is 2.94. The van der Waals surface area contributed by atoms with Gasteiger partial charge in [-0.25, -0.2) is 4.98 Å². The summed E-state index contributed by atoms with van der Waals surface area (Å²) >= 11 is 1.76. The van der Waals surface area contributed by atoms with Gasteiger partial charge in [-0.15, -0.1) is 11.3 Å². The number of aryl methyl sites for hydroxylation is 1. The van der Waals surface area contributed by atoms with Gasteiger partial charge in [0.1, 0.15) is 0 Å². The fraction of sp³-hybridized carbons (Fsp3) is 0.444. The predicted molar refractivity (Wildman–Crippen MR) is 102 cm³/mol. The third-order valence-electron chi connectivity index (χ3n) is 4.17. The minimum atomic E-state index is 0.429. The summed E-state index contributed by atoms with van der Waals surface area (Å²) in [6, 6.07) is 11.0. The van der Waals surface area contributed by atoms with Gasteiger partial charge in [-0.3, -0.25) is 4.99 Å². The molecule has 6 heteroatoms. The predicted octanol–water partition coefficient (Wildman–Crippen LogP) is 2.44. The minimum Gasteiger partial charge on any atom is -0.369 e. The highest BCUT2D eigenvalue weighted by molar-refractivity contribution is 7.11. The summed E-state index contributed by atoms with van der Waals surface area (Å²) in [4.78, 5) is 12.4. The van der Waals surface area contributed by atoms with E-state index in [0.29, 0.717) is 6.04 Å². The highest BCUT2D eigenvalue weighted by atomic mass is 32.1. The number of hydrogen-bond acceptors (Lipinski definition) is 4. The minimum absolute atomic E-state index is 0.429. The molecule has 1 saturated heterocycles. The van der Waals surface area contributed by atoms with Crippen LogP contribution < -0.4 is 15.5 Å². The van der Waals surface area contributed by atoms with Crippen LogP contribution in [0, 0.1) is 6.92 Å². The number of aliphatic imine (C=N–C) groups is 1. The standard InChI is InChI=1S/C18H25N5S/c1-14-12-21-17(24-14)8-10-20-18(19-2)22-15-9-11-23(13-15)16-6-4-3-5-7-16/h3-7,12,15H,8-11,13H2,1-2H3,(H2,19,20,22). The molecule has 0 radical (unpaired) electrons. The Morgan fingerprint density at radius 3 is 2.92 bits per heavy atom. The van der Waals surface area contributed by atoms with Crippen LogP contribution >= 0.6 is 11.3 Å². The molecule has 3 rings (SSSR count). The van der Waals surface area contributed by atoms with Gasteiger partial charge in [0.2, 0.25) is 0 Å². The highest BCUT2D eigenvalue weighted by Crippen LogP contribution is 2.19. The van der Waals surface area contributed by atoms with Crippen LogP contribution in [-0.4, -0.2) is 43.7 Å². The molecule has 24 heavy (non-hydrogen) atoms. The van der Waals surface area contributed by atoms with E-state index in [-0.39, 0.29) is 0 Å².